The number of fused-ring (bicyclic) bond motifs is 1. The first-order valence-corrected chi connectivity index (χ1v) is 6.44. The molecule has 0 radical (unpaired) electrons. The van der Waals surface area contributed by atoms with Crippen molar-refractivity contribution >= 4 is 16.8 Å². The summed E-state index contributed by atoms with van der Waals surface area (Å²) in [6, 6.07) is 9.52. The lowest BCUT2D eigenvalue weighted by molar-refractivity contribution is 0.0792. The highest BCUT2D eigenvalue weighted by atomic mass is 16.2. The highest BCUT2D eigenvalue weighted by Gasteiger charge is 2.12. The Bertz CT molecular complexity index is 580. The molecule has 2 N–H and O–H groups in total. The number of benzene rings is 1. The van der Waals surface area contributed by atoms with Gasteiger partial charge in [0.25, 0.3) is 5.91 Å². The van der Waals surface area contributed by atoms with Crippen LogP contribution in [-0.2, 0) is 0 Å². The fourth-order valence-corrected chi connectivity index (χ4v) is 1.93. The van der Waals surface area contributed by atoms with E-state index in [0.717, 1.165) is 17.3 Å². The Kier molecular flexibility index (Phi) is 4.12. The van der Waals surface area contributed by atoms with Gasteiger partial charge in [-0.1, -0.05) is 6.07 Å². The molecule has 1 unspecified atom stereocenters. The molecule has 2 aromatic rings. The lowest BCUT2D eigenvalue weighted by Crippen LogP contribution is -2.31. The van der Waals surface area contributed by atoms with Crippen molar-refractivity contribution in [3.05, 3.63) is 42.1 Å². The van der Waals surface area contributed by atoms with E-state index in [2.05, 4.69) is 4.98 Å². The van der Waals surface area contributed by atoms with E-state index in [1.807, 2.05) is 37.3 Å². The van der Waals surface area contributed by atoms with E-state index >= 15 is 0 Å². The predicted molar refractivity (Wildman–Crippen MR) is 77.0 cm³/mol. The van der Waals surface area contributed by atoms with E-state index in [9.17, 15) is 4.79 Å². The van der Waals surface area contributed by atoms with Crippen LogP contribution in [0.25, 0.3) is 10.9 Å². The first kappa shape index (κ1) is 13.5. The van der Waals surface area contributed by atoms with Crippen molar-refractivity contribution in [3.8, 4) is 0 Å². The smallest absolute Gasteiger partial charge is 0.253 e. The normalized spacial score (nSPS) is 12.4. The van der Waals surface area contributed by atoms with Gasteiger partial charge >= 0.3 is 0 Å². The van der Waals surface area contributed by atoms with Gasteiger partial charge in [-0.25, -0.2) is 0 Å². The van der Waals surface area contributed by atoms with Gasteiger partial charge in [-0.05, 0) is 37.6 Å². The summed E-state index contributed by atoms with van der Waals surface area (Å²) < 4.78 is 0. The maximum absolute atomic E-state index is 12.3. The molecule has 1 aromatic heterocycles. The molecule has 100 valence electrons. The Balaban J connectivity index is 2.16. The largest absolute Gasteiger partial charge is 0.342 e. The van der Waals surface area contributed by atoms with Gasteiger partial charge in [-0.3, -0.25) is 9.78 Å². The van der Waals surface area contributed by atoms with Gasteiger partial charge in [-0.15, -0.1) is 0 Å². The number of nitrogens with two attached hydrogens (primary N) is 1. The Labute approximate surface area is 113 Å². The SMILES string of the molecule is CC(N)CCN(C)C(=O)c1ccc2ncccc2c1. The maximum Gasteiger partial charge on any atom is 0.253 e. The van der Waals surface area contributed by atoms with Gasteiger partial charge in [0, 0.05) is 36.8 Å². The summed E-state index contributed by atoms with van der Waals surface area (Å²) in [6.45, 7) is 2.61. The molecule has 2 rings (SSSR count). The number of carbonyl (C=O) groups is 1. The van der Waals surface area contributed by atoms with E-state index in [1.165, 1.54) is 0 Å². The third-order valence-electron chi connectivity index (χ3n) is 3.12. The fraction of sp³-hybridized carbons (Fsp3) is 0.333. The summed E-state index contributed by atoms with van der Waals surface area (Å²) >= 11 is 0. The topological polar surface area (TPSA) is 59.2 Å². The third kappa shape index (κ3) is 3.29. The number of nitrogens with zero attached hydrogens (tertiary/aromatic N) is 2. The number of hydrogen-bond acceptors (Lipinski definition) is 3. The molecule has 0 fully saturated rings. The van der Waals surface area contributed by atoms with Crippen molar-refractivity contribution in [1.82, 2.24) is 9.88 Å². The van der Waals surface area contributed by atoms with Crippen molar-refractivity contribution in [2.45, 2.75) is 19.4 Å². The predicted octanol–water partition coefficient (Wildman–Crippen LogP) is 2.04. The zero-order valence-electron chi connectivity index (χ0n) is 11.3. The Morgan fingerprint density at radius 2 is 2.21 bits per heavy atom. The highest BCUT2D eigenvalue weighted by molar-refractivity contribution is 5.97. The van der Waals surface area contributed by atoms with Crippen LogP contribution < -0.4 is 5.73 Å². The van der Waals surface area contributed by atoms with Crippen molar-refractivity contribution in [2.24, 2.45) is 5.73 Å². The zero-order valence-corrected chi connectivity index (χ0v) is 11.3. The summed E-state index contributed by atoms with van der Waals surface area (Å²) in [6.07, 6.45) is 2.55. The molecule has 0 bridgehead atoms. The minimum absolute atomic E-state index is 0.0198. The molecular weight excluding hydrogens is 238 g/mol. The second-order valence-electron chi connectivity index (χ2n) is 4.90. The van der Waals surface area contributed by atoms with Crippen LogP contribution >= 0.6 is 0 Å². The molecule has 0 saturated carbocycles. The lowest BCUT2D eigenvalue weighted by Gasteiger charge is -2.18. The van der Waals surface area contributed by atoms with Gasteiger partial charge in [0.15, 0.2) is 0 Å². The Hall–Kier alpha value is -1.94. The summed E-state index contributed by atoms with van der Waals surface area (Å²) in [5, 5.41) is 0.981. The quantitative estimate of drug-likeness (QED) is 0.912. The number of rotatable bonds is 4. The van der Waals surface area contributed by atoms with E-state index in [-0.39, 0.29) is 11.9 Å². The van der Waals surface area contributed by atoms with Crippen LogP contribution in [0.15, 0.2) is 36.5 Å². The number of amides is 1. The molecule has 19 heavy (non-hydrogen) atoms. The molecule has 1 heterocycles. The molecule has 0 aliphatic rings. The second kappa shape index (κ2) is 5.80. The van der Waals surface area contributed by atoms with Crippen LogP contribution in [0.3, 0.4) is 0 Å². The third-order valence-corrected chi connectivity index (χ3v) is 3.12. The molecular formula is C15H19N3O. The maximum atomic E-state index is 12.3. The van der Waals surface area contributed by atoms with Gasteiger partial charge in [0.2, 0.25) is 0 Å². The standard InChI is InChI=1S/C15H19N3O/c1-11(16)7-9-18(2)15(19)13-5-6-14-12(10-13)4-3-8-17-14/h3-6,8,10-11H,7,9,16H2,1-2H3. The minimum Gasteiger partial charge on any atom is -0.342 e. The van der Waals surface area contributed by atoms with Crippen LogP contribution in [0.5, 0.6) is 0 Å². The van der Waals surface area contributed by atoms with E-state index in [0.29, 0.717) is 12.1 Å². The number of pyridine rings is 1. The van der Waals surface area contributed by atoms with Gasteiger partial charge < -0.3 is 10.6 Å². The molecule has 1 aromatic carbocycles. The molecule has 0 spiro atoms. The molecule has 4 nitrogen and oxygen atoms in total. The summed E-state index contributed by atoms with van der Waals surface area (Å²) in [5.41, 5.74) is 7.30. The summed E-state index contributed by atoms with van der Waals surface area (Å²) in [5.74, 6) is 0.0198. The van der Waals surface area contributed by atoms with Gasteiger partial charge in [-0.2, -0.15) is 0 Å². The fourth-order valence-electron chi connectivity index (χ4n) is 1.93. The Morgan fingerprint density at radius 1 is 1.42 bits per heavy atom. The first-order chi connectivity index (χ1) is 9.08. The number of hydrogen-bond donors (Lipinski definition) is 1. The van der Waals surface area contributed by atoms with Crippen LogP contribution in [-0.4, -0.2) is 35.4 Å². The lowest BCUT2D eigenvalue weighted by atomic mass is 10.1. The van der Waals surface area contributed by atoms with E-state index in [4.69, 9.17) is 5.73 Å². The van der Waals surface area contributed by atoms with Crippen molar-refractivity contribution in [2.75, 3.05) is 13.6 Å². The average molecular weight is 257 g/mol. The molecule has 1 atom stereocenters. The molecule has 0 aliphatic heterocycles. The number of carbonyl (C=O) groups excluding carboxylic acids is 1. The molecule has 4 heteroatoms. The first-order valence-electron chi connectivity index (χ1n) is 6.44. The van der Waals surface area contributed by atoms with Crippen LogP contribution in [0.2, 0.25) is 0 Å². The van der Waals surface area contributed by atoms with E-state index in [1.54, 1.807) is 18.1 Å². The monoisotopic (exact) mass is 257 g/mol. The van der Waals surface area contributed by atoms with Crippen LogP contribution in [0.1, 0.15) is 23.7 Å². The average Bonchev–Trinajstić information content (AvgIpc) is 2.43. The molecule has 0 aliphatic carbocycles. The van der Waals surface area contributed by atoms with Crippen LogP contribution in [0.4, 0.5) is 0 Å². The molecule has 1 amide bonds. The van der Waals surface area contributed by atoms with Crippen molar-refractivity contribution < 1.29 is 4.79 Å². The second-order valence-corrected chi connectivity index (χ2v) is 4.90. The number of aromatic nitrogens is 1. The minimum atomic E-state index is 0.0198. The van der Waals surface area contributed by atoms with Gasteiger partial charge in [0.05, 0.1) is 5.52 Å². The summed E-state index contributed by atoms with van der Waals surface area (Å²) in [4.78, 5) is 18.2. The zero-order chi connectivity index (χ0) is 13.8. The Morgan fingerprint density at radius 3 is 2.95 bits per heavy atom. The van der Waals surface area contributed by atoms with Crippen molar-refractivity contribution in [1.29, 1.82) is 0 Å². The van der Waals surface area contributed by atoms with E-state index < -0.39 is 0 Å². The van der Waals surface area contributed by atoms with Crippen molar-refractivity contribution in [3.63, 3.8) is 0 Å². The highest BCUT2D eigenvalue weighted by Crippen LogP contribution is 2.14. The van der Waals surface area contributed by atoms with Crippen LogP contribution in [0, 0.1) is 0 Å². The summed E-state index contributed by atoms with van der Waals surface area (Å²) in [7, 11) is 1.80. The van der Waals surface area contributed by atoms with Gasteiger partial charge in [0.1, 0.15) is 0 Å². The molecule has 0 saturated heterocycles.